The number of Topliss-reactive ketones (excluding diaryl/α,β-unsaturated/α-hetero) is 1. The summed E-state index contributed by atoms with van der Waals surface area (Å²) in [6, 6.07) is 0. The van der Waals surface area contributed by atoms with E-state index >= 15 is 0 Å². The molecule has 0 amide bonds. The Morgan fingerprint density at radius 2 is 2.14 bits per heavy atom. The smallest absolute Gasteiger partial charge is 0.175 e. The van der Waals surface area contributed by atoms with Gasteiger partial charge in [0.1, 0.15) is 0 Å². The standard InChI is InChI=1S/C13H12O/c1-2-3-10-7-11-8-4-5-9(6-8)12(11)13(10)14/h4-5,7-9,11-12H,6H2,1H3/t8-,9+,11-,12+/m0/s1. The van der Waals surface area contributed by atoms with Crippen molar-refractivity contribution in [2.45, 2.75) is 13.3 Å². The van der Waals surface area contributed by atoms with Crippen molar-refractivity contribution in [2.75, 3.05) is 0 Å². The number of carbonyl (C=O) groups excluding carboxylic acids is 1. The van der Waals surface area contributed by atoms with Crippen LogP contribution < -0.4 is 0 Å². The van der Waals surface area contributed by atoms with Crippen LogP contribution in [0.2, 0.25) is 0 Å². The second-order valence-electron chi connectivity index (χ2n) is 4.37. The molecule has 1 fully saturated rings. The maximum absolute atomic E-state index is 12.0. The fraction of sp³-hybridized carbons (Fsp3) is 0.462. The second-order valence-corrected chi connectivity index (χ2v) is 4.37. The summed E-state index contributed by atoms with van der Waals surface area (Å²) in [5.41, 5.74) is 0.765. The molecule has 0 aromatic rings. The Hall–Kier alpha value is -1.29. The van der Waals surface area contributed by atoms with Gasteiger partial charge >= 0.3 is 0 Å². The minimum absolute atomic E-state index is 0.237. The first-order valence-electron chi connectivity index (χ1n) is 5.18. The van der Waals surface area contributed by atoms with Gasteiger partial charge in [-0.1, -0.05) is 24.1 Å². The van der Waals surface area contributed by atoms with Crippen LogP contribution >= 0.6 is 0 Å². The molecule has 1 heteroatoms. The van der Waals surface area contributed by atoms with E-state index in [1.54, 1.807) is 6.92 Å². The minimum Gasteiger partial charge on any atom is -0.293 e. The summed E-state index contributed by atoms with van der Waals surface area (Å²) >= 11 is 0. The van der Waals surface area contributed by atoms with Gasteiger partial charge in [-0.2, -0.15) is 0 Å². The Morgan fingerprint density at radius 3 is 2.86 bits per heavy atom. The molecule has 14 heavy (non-hydrogen) atoms. The Labute approximate surface area is 83.9 Å². The summed E-state index contributed by atoms with van der Waals surface area (Å²) in [5.74, 6) is 7.86. The van der Waals surface area contributed by atoms with Crippen molar-refractivity contribution >= 4 is 5.78 Å². The van der Waals surface area contributed by atoms with E-state index in [0.29, 0.717) is 23.5 Å². The summed E-state index contributed by atoms with van der Waals surface area (Å²) in [4.78, 5) is 12.0. The average molecular weight is 184 g/mol. The molecule has 2 bridgehead atoms. The van der Waals surface area contributed by atoms with Crippen molar-refractivity contribution in [3.63, 3.8) is 0 Å². The van der Waals surface area contributed by atoms with Crippen LogP contribution in [0.1, 0.15) is 13.3 Å². The van der Waals surface area contributed by atoms with Crippen molar-refractivity contribution < 1.29 is 4.79 Å². The zero-order valence-corrected chi connectivity index (χ0v) is 8.16. The van der Waals surface area contributed by atoms with E-state index in [4.69, 9.17) is 0 Å². The number of hydrogen-bond acceptors (Lipinski definition) is 1. The minimum atomic E-state index is 0.237. The van der Waals surface area contributed by atoms with Gasteiger partial charge in [-0.05, 0) is 31.1 Å². The zero-order valence-electron chi connectivity index (χ0n) is 8.16. The molecule has 0 spiro atoms. The van der Waals surface area contributed by atoms with E-state index in [9.17, 15) is 4.79 Å². The van der Waals surface area contributed by atoms with Crippen molar-refractivity contribution in [2.24, 2.45) is 23.7 Å². The van der Waals surface area contributed by atoms with Gasteiger partial charge in [0.15, 0.2) is 5.78 Å². The molecule has 3 aliphatic rings. The number of ketones is 1. The molecule has 3 aliphatic carbocycles. The third-order valence-electron chi connectivity index (χ3n) is 3.71. The molecule has 70 valence electrons. The van der Waals surface area contributed by atoms with Gasteiger partial charge in [0.25, 0.3) is 0 Å². The van der Waals surface area contributed by atoms with Gasteiger partial charge in [-0.3, -0.25) is 4.79 Å². The fourth-order valence-electron chi connectivity index (χ4n) is 3.15. The lowest BCUT2D eigenvalue weighted by Gasteiger charge is -2.17. The molecular formula is C13H12O. The van der Waals surface area contributed by atoms with Gasteiger partial charge < -0.3 is 0 Å². The summed E-state index contributed by atoms with van der Waals surface area (Å²) in [6.45, 7) is 1.79. The quantitative estimate of drug-likeness (QED) is 0.415. The highest BCUT2D eigenvalue weighted by molar-refractivity contribution is 6.04. The maximum Gasteiger partial charge on any atom is 0.175 e. The summed E-state index contributed by atoms with van der Waals surface area (Å²) in [6.07, 6.45) is 7.79. The zero-order chi connectivity index (χ0) is 9.71. The summed E-state index contributed by atoms with van der Waals surface area (Å²) in [5, 5.41) is 0. The number of fused-ring (bicyclic) bond motifs is 5. The Balaban J connectivity index is 2.00. The first-order chi connectivity index (χ1) is 6.81. The van der Waals surface area contributed by atoms with Crippen molar-refractivity contribution in [1.82, 2.24) is 0 Å². The van der Waals surface area contributed by atoms with Crippen LogP contribution in [0.25, 0.3) is 0 Å². The highest BCUT2D eigenvalue weighted by Crippen LogP contribution is 2.52. The number of carbonyl (C=O) groups is 1. The molecule has 0 radical (unpaired) electrons. The molecule has 0 aliphatic heterocycles. The number of hydrogen-bond donors (Lipinski definition) is 0. The van der Waals surface area contributed by atoms with Crippen LogP contribution in [0, 0.1) is 35.5 Å². The normalized spacial score (nSPS) is 42.1. The van der Waals surface area contributed by atoms with Gasteiger partial charge in [-0.25, -0.2) is 0 Å². The average Bonchev–Trinajstić information content (AvgIpc) is 2.81. The molecule has 4 atom stereocenters. The van der Waals surface area contributed by atoms with Crippen LogP contribution in [0.5, 0.6) is 0 Å². The van der Waals surface area contributed by atoms with Crippen LogP contribution in [-0.2, 0) is 4.79 Å². The van der Waals surface area contributed by atoms with Crippen LogP contribution in [0.4, 0.5) is 0 Å². The number of allylic oxidation sites excluding steroid dienone is 4. The highest BCUT2D eigenvalue weighted by atomic mass is 16.1. The third-order valence-corrected chi connectivity index (χ3v) is 3.71. The van der Waals surface area contributed by atoms with Gasteiger partial charge in [-0.15, -0.1) is 5.92 Å². The number of rotatable bonds is 0. The molecule has 0 aromatic heterocycles. The van der Waals surface area contributed by atoms with Crippen molar-refractivity contribution in [1.29, 1.82) is 0 Å². The predicted octanol–water partition coefficient (Wildman–Crippen LogP) is 1.96. The topological polar surface area (TPSA) is 17.1 Å². The predicted molar refractivity (Wildman–Crippen MR) is 54.3 cm³/mol. The van der Waals surface area contributed by atoms with E-state index in [1.165, 1.54) is 6.42 Å². The summed E-state index contributed by atoms with van der Waals surface area (Å²) < 4.78 is 0. The second kappa shape index (κ2) is 2.60. The van der Waals surface area contributed by atoms with E-state index < -0.39 is 0 Å². The van der Waals surface area contributed by atoms with E-state index in [1.807, 2.05) is 0 Å². The van der Waals surface area contributed by atoms with Gasteiger partial charge in [0.2, 0.25) is 0 Å². The molecule has 0 aromatic carbocycles. The highest BCUT2D eigenvalue weighted by Gasteiger charge is 2.50. The van der Waals surface area contributed by atoms with Gasteiger partial charge in [0.05, 0.1) is 5.57 Å². The van der Waals surface area contributed by atoms with E-state index in [-0.39, 0.29) is 5.92 Å². The third kappa shape index (κ3) is 0.838. The molecule has 0 saturated heterocycles. The first kappa shape index (κ1) is 8.05. The molecule has 0 unspecified atom stereocenters. The molecular weight excluding hydrogens is 172 g/mol. The lowest BCUT2D eigenvalue weighted by molar-refractivity contribution is -0.119. The SMILES string of the molecule is CC#CC1=C[C@@H]2[C@H](C1=O)[C@@H]1C=C[C@H]2C1. The summed E-state index contributed by atoms with van der Waals surface area (Å²) in [7, 11) is 0. The van der Waals surface area contributed by atoms with Crippen LogP contribution in [0.15, 0.2) is 23.8 Å². The lowest BCUT2D eigenvalue weighted by atomic mass is 9.85. The van der Waals surface area contributed by atoms with Crippen LogP contribution in [0.3, 0.4) is 0 Å². The molecule has 1 saturated carbocycles. The lowest BCUT2D eigenvalue weighted by Crippen LogP contribution is -2.20. The van der Waals surface area contributed by atoms with E-state index in [2.05, 4.69) is 30.1 Å². The van der Waals surface area contributed by atoms with Crippen molar-refractivity contribution in [3.05, 3.63) is 23.8 Å². The first-order valence-corrected chi connectivity index (χ1v) is 5.18. The molecule has 3 rings (SSSR count). The van der Waals surface area contributed by atoms with Gasteiger partial charge in [0, 0.05) is 5.92 Å². The fourth-order valence-corrected chi connectivity index (χ4v) is 3.15. The van der Waals surface area contributed by atoms with E-state index in [0.717, 1.165) is 5.57 Å². The molecule has 0 heterocycles. The maximum atomic E-state index is 12.0. The Bertz CT molecular complexity index is 416. The van der Waals surface area contributed by atoms with Crippen LogP contribution in [-0.4, -0.2) is 5.78 Å². The monoisotopic (exact) mass is 184 g/mol. The molecule has 0 N–H and O–H groups in total. The Kier molecular flexibility index (Phi) is 1.50. The van der Waals surface area contributed by atoms with Crippen molar-refractivity contribution in [3.8, 4) is 11.8 Å². The largest absolute Gasteiger partial charge is 0.293 e. The Morgan fingerprint density at radius 1 is 1.36 bits per heavy atom. The molecule has 1 nitrogen and oxygen atoms in total.